The lowest BCUT2D eigenvalue weighted by molar-refractivity contribution is -0.117. The number of hydrogen-bond acceptors (Lipinski definition) is 4. The number of ketones is 1. The summed E-state index contributed by atoms with van der Waals surface area (Å²) in [6, 6.07) is 5.21. The van der Waals surface area contributed by atoms with Gasteiger partial charge in [-0.1, -0.05) is 6.92 Å². The van der Waals surface area contributed by atoms with E-state index in [0.29, 0.717) is 59.0 Å². The van der Waals surface area contributed by atoms with E-state index < -0.39 is 0 Å². The van der Waals surface area contributed by atoms with Crippen molar-refractivity contribution in [2.24, 2.45) is 0 Å². The maximum atomic E-state index is 12.9. The molecular weight excluding hydrogens is 358 g/mol. The highest BCUT2D eigenvalue weighted by Gasteiger charge is 2.26. The number of benzene rings is 1. The number of carbonyl (C=O) groups is 3. The number of aromatic nitrogens is 1. The molecule has 0 unspecified atom stereocenters. The van der Waals surface area contributed by atoms with Crippen LogP contribution in [0.2, 0.25) is 0 Å². The first-order chi connectivity index (χ1) is 13.4. The number of carbonyl (C=O) groups excluding carboxylic acids is 3. The molecule has 2 amide bonds. The molecule has 0 radical (unpaired) electrons. The van der Waals surface area contributed by atoms with Crippen molar-refractivity contribution < 1.29 is 19.1 Å². The Morgan fingerprint density at radius 1 is 1.32 bits per heavy atom. The Bertz CT molecular complexity index is 945. The van der Waals surface area contributed by atoms with E-state index in [2.05, 4.69) is 10.3 Å². The van der Waals surface area contributed by atoms with Crippen molar-refractivity contribution in [2.45, 2.75) is 40.0 Å². The first-order valence-corrected chi connectivity index (χ1v) is 9.39. The number of aromatic amines is 1. The molecule has 0 spiro atoms. The molecule has 2 heterocycles. The second-order valence-corrected chi connectivity index (χ2v) is 6.88. The maximum Gasteiger partial charge on any atom is 0.272 e. The zero-order valence-corrected chi connectivity index (χ0v) is 16.6. The van der Waals surface area contributed by atoms with Crippen LogP contribution in [-0.4, -0.2) is 36.2 Å². The normalized spacial score (nSPS) is 13.7. The van der Waals surface area contributed by atoms with Crippen LogP contribution in [0.25, 0.3) is 0 Å². The summed E-state index contributed by atoms with van der Waals surface area (Å²) in [5, 5.41) is 2.87. The number of rotatable bonds is 6. The lowest BCUT2D eigenvalue weighted by Gasteiger charge is -2.20. The molecule has 1 fully saturated rings. The summed E-state index contributed by atoms with van der Waals surface area (Å²) >= 11 is 0. The molecule has 2 aromatic rings. The van der Waals surface area contributed by atoms with E-state index in [1.54, 1.807) is 37.1 Å². The zero-order chi connectivity index (χ0) is 20.4. The van der Waals surface area contributed by atoms with Gasteiger partial charge in [0.2, 0.25) is 5.91 Å². The third kappa shape index (κ3) is 3.52. The van der Waals surface area contributed by atoms with E-state index in [1.807, 2.05) is 6.92 Å². The number of nitrogens with one attached hydrogen (secondary N) is 2. The molecule has 3 rings (SSSR count). The Balaban J connectivity index is 1.92. The van der Waals surface area contributed by atoms with Crippen molar-refractivity contribution in [2.75, 3.05) is 23.9 Å². The first kappa shape index (κ1) is 19.7. The molecule has 1 aliphatic rings. The van der Waals surface area contributed by atoms with Crippen LogP contribution >= 0.6 is 0 Å². The molecule has 0 bridgehead atoms. The van der Waals surface area contributed by atoms with E-state index in [9.17, 15) is 14.4 Å². The van der Waals surface area contributed by atoms with E-state index in [0.717, 1.165) is 6.42 Å². The van der Waals surface area contributed by atoms with Gasteiger partial charge in [-0.2, -0.15) is 0 Å². The first-order valence-electron chi connectivity index (χ1n) is 9.39. The number of aryl methyl sites for hydroxylation is 1. The number of anilines is 2. The lowest BCUT2D eigenvalue weighted by Crippen LogP contribution is -2.24. The van der Waals surface area contributed by atoms with Gasteiger partial charge in [-0.15, -0.1) is 0 Å². The quantitative estimate of drug-likeness (QED) is 0.747. The predicted molar refractivity (Wildman–Crippen MR) is 107 cm³/mol. The summed E-state index contributed by atoms with van der Waals surface area (Å²) in [4.78, 5) is 41.7. The van der Waals surface area contributed by atoms with Crippen LogP contribution in [-0.2, 0) is 11.2 Å². The number of H-pyrrole nitrogens is 1. The summed E-state index contributed by atoms with van der Waals surface area (Å²) < 4.78 is 5.38. The molecule has 1 saturated heterocycles. The lowest BCUT2D eigenvalue weighted by atomic mass is 10.0. The molecule has 0 saturated carbocycles. The van der Waals surface area contributed by atoms with Gasteiger partial charge in [0.1, 0.15) is 11.4 Å². The Hall–Kier alpha value is -3.09. The van der Waals surface area contributed by atoms with E-state index in [1.165, 1.54) is 6.92 Å². The Kier molecular flexibility index (Phi) is 5.53. The summed E-state index contributed by atoms with van der Waals surface area (Å²) in [6.45, 7) is 5.83. The monoisotopic (exact) mass is 383 g/mol. The summed E-state index contributed by atoms with van der Waals surface area (Å²) in [5.41, 5.74) is 3.56. The topological polar surface area (TPSA) is 91.5 Å². The Morgan fingerprint density at radius 3 is 2.64 bits per heavy atom. The van der Waals surface area contributed by atoms with Gasteiger partial charge in [-0.05, 0) is 50.5 Å². The van der Waals surface area contributed by atoms with Gasteiger partial charge >= 0.3 is 0 Å². The summed E-state index contributed by atoms with van der Waals surface area (Å²) in [6.07, 6.45) is 1.88. The molecule has 28 heavy (non-hydrogen) atoms. The van der Waals surface area contributed by atoms with Gasteiger partial charge < -0.3 is 19.9 Å². The van der Waals surface area contributed by atoms with E-state index in [-0.39, 0.29) is 17.6 Å². The van der Waals surface area contributed by atoms with Crippen molar-refractivity contribution in [1.82, 2.24) is 4.98 Å². The summed E-state index contributed by atoms with van der Waals surface area (Å²) in [5.74, 6) is 0.235. The molecule has 7 heteroatoms. The van der Waals surface area contributed by atoms with Crippen LogP contribution in [0.3, 0.4) is 0 Å². The highest BCUT2D eigenvalue weighted by atomic mass is 16.5. The SMILES string of the molecule is CCc1c(C(=O)Nc2ccc(OC)c(N3CCCC3=O)c2)[nH]c(C)c1C(C)=O. The highest BCUT2D eigenvalue weighted by Crippen LogP contribution is 2.34. The van der Waals surface area contributed by atoms with Crippen LogP contribution in [0.4, 0.5) is 11.4 Å². The minimum Gasteiger partial charge on any atom is -0.495 e. The highest BCUT2D eigenvalue weighted by molar-refractivity contribution is 6.08. The van der Waals surface area contributed by atoms with E-state index >= 15 is 0 Å². The van der Waals surface area contributed by atoms with Crippen LogP contribution in [0, 0.1) is 6.92 Å². The van der Waals surface area contributed by atoms with Crippen LogP contribution in [0.1, 0.15) is 58.8 Å². The second kappa shape index (κ2) is 7.88. The van der Waals surface area contributed by atoms with Crippen molar-refractivity contribution in [3.63, 3.8) is 0 Å². The molecule has 148 valence electrons. The molecule has 2 N–H and O–H groups in total. The molecule has 1 aromatic heterocycles. The standard InChI is InChI=1S/C21H25N3O4/c1-5-15-19(13(3)25)12(2)22-20(15)21(27)23-14-8-9-17(28-4)16(11-14)24-10-6-7-18(24)26/h8-9,11,22H,5-7,10H2,1-4H3,(H,23,27). The fraction of sp³-hybridized carbons (Fsp3) is 0.381. The minimum absolute atomic E-state index is 0.0427. The molecule has 7 nitrogen and oxygen atoms in total. The largest absolute Gasteiger partial charge is 0.495 e. The number of ether oxygens (including phenoxy) is 1. The van der Waals surface area contributed by atoms with Crippen molar-refractivity contribution in [3.8, 4) is 5.75 Å². The van der Waals surface area contributed by atoms with E-state index in [4.69, 9.17) is 4.74 Å². The molecular formula is C21H25N3O4. The molecule has 1 aliphatic heterocycles. The van der Waals surface area contributed by atoms with Crippen LogP contribution in [0.5, 0.6) is 5.75 Å². The zero-order valence-electron chi connectivity index (χ0n) is 16.6. The third-order valence-electron chi connectivity index (χ3n) is 5.02. The second-order valence-electron chi connectivity index (χ2n) is 6.88. The molecule has 1 aromatic carbocycles. The third-order valence-corrected chi connectivity index (χ3v) is 5.02. The van der Waals surface area contributed by atoms with Crippen molar-refractivity contribution in [3.05, 3.63) is 40.7 Å². The fourth-order valence-corrected chi connectivity index (χ4v) is 3.78. The van der Waals surface area contributed by atoms with Crippen LogP contribution < -0.4 is 15.0 Å². The van der Waals surface area contributed by atoms with Gasteiger partial charge in [-0.25, -0.2) is 0 Å². The number of methoxy groups -OCH3 is 1. The molecule has 0 aliphatic carbocycles. The number of Topliss-reactive ketones (excluding diaryl/α,β-unsaturated/α-hetero) is 1. The molecule has 0 atom stereocenters. The van der Waals surface area contributed by atoms with Gasteiger partial charge in [0.05, 0.1) is 12.8 Å². The number of nitrogens with zero attached hydrogens (tertiary/aromatic N) is 1. The smallest absolute Gasteiger partial charge is 0.272 e. The number of hydrogen-bond donors (Lipinski definition) is 2. The summed E-state index contributed by atoms with van der Waals surface area (Å²) in [7, 11) is 1.55. The van der Waals surface area contributed by atoms with Crippen LogP contribution in [0.15, 0.2) is 18.2 Å². The maximum absolute atomic E-state index is 12.9. The minimum atomic E-state index is -0.323. The fourth-order valence-electron chi connectivity index (χ4n) is 3.78. The van der Waals surface area contributed by atoms with Gasteiger partial charge in [0.15, 0.2) is 5.78 Å². The predicted octanol–water partition coefficient (Wildman–Crippen LogP) is 3.48. The average molecular weight is 383 g/mol. The van der Waals surface area contributed by atoms with Gasteiger partial charge in [0.25, 0.3) is 5.91 Å². The van der Waals surface area contributed by atoms with Gasteiger partial charge in [0, 0.05) is 29.9 Å². The van der Waals surface area contributed by atoms with Gasteiger partial charge in [-0.3, -0.25) is 14.4 Å². The Morgan fingerprint density at radius 2 is 2.07 bits per heavy atom. The average Bonchev–Trinajstić information content (AvgIpc) is 3.24. The number of amides is 2. The van der Waals surface area contributed by atoms with Crippen molar-refractivity contribution in [1.29, 1.82) is 0 Å². The van der Waals surface area contributed by atoms with Crippen molar-refractivity contribution >= 4 is 29.0 Å². The Labute approximate surface area is 164 Å².